The van der Waals surface area contributed by atoms with Gasteiger partial charge in [-0.25, -0.2) is 8.42 Å². The van der Waals surface area contributed by atoms with Crippen LogP contribution in [-0.2, 0) is 21.2 Å². The van der Waals surface area contributed by atoms with E-state index in [9.17, 15) is 13.2 Å². The molecule has 1 saturated heterocycles. The molecule has 0 saturated carbocycles. The predicted molar refractivity (Wildman–Crippen MR) is 127 cm³/mol. The Kier molecular flexibility index (Phi) is 8.43. The van der Waals surface area contributed by atoms with Gasteiger partial charge in [0, 0.05) is 37.5 Å². The van der Waals surface area contributed by atoms with E-state index in [0.717, 1.165) is 41.9 Å². The van der Waals surface area contributed by atoms with E-state index < -0.39 is 10.0 Å². The molecule has 1 aliphatic rings. The molecular weight excluding hydrogens is 444 g/mol. The summed E-state index contributed by atoms with van der Waals surface area (Å²) in [4.78, 5) is 14.8. The van der Waals surface area contributed by atoms with E-state index in [0.29, 0.717) is 29.6 Å². The molecule has 0 radical (unpaired) electrons. The van der Waals surface area contributed by atoms with E-state index >= 15 is 0 Å². The van der Waals surface area contributed by atoms with Crippen molar-refractivity contribution in [1.82, 2.24) is 14.5 Å². The molecule has 7 nitrogen and oxygen atoms in total. The van der Waals surface area contributed by atoms with Gasteiger partial charge in [-0.1, -0.05) is 31.2 Å². The Hall–Kier alpha value is -2.25. The lowest BCUT2D eigenvalue weighted by Gasteiger charge is -2.31. The molecule has 1 atom stereocenters. The Morgan fingerprint density at radius 1 is 1.22 bits per heavy atom. The van der Waals surface area contributed by atoms with Crippen LogP contribution in [-0.4, -0.2) is 63.3 Å². The summed E-state index contributed by atoms with van der Waals surface area (Å²) in [5.74, 6) is 0.217. The molecule has 0 aliphatic carbocycles. The number of sulfonamides is 1. The molecule has 0 bridgehead atoms. The van der Waals surface area contributed by atoms with Crippen LogP contribution in [0.25, 0.3) is 10.4 Å². The second-order valence-corrected chi connectivity index (χ2v) is 11.6. The summed E-state index contributed by atoms with van der Waals surface area (Å²) in [5, 5.41) is 11.1. The summed E-state index contributed by atoms with van der Waals surface area (Å²) in [6.45, 7) is 4.69. The van der Waals surface area contributed by atoms with Gasteiger partial charge >= 0.3 is 0 Å². The van der Waals surface area contributed by atoms with Crippen molar-refractivity contribution in [2.45, 2.75) is 30.4 Å². The SMILES string of the molecule is CC(CCC(=O)NCC#N)Cc1cccc(-c2ccc(S(=O)(=O)N3CCN(C)CC3)s2)c1. The van der Waals surface area contributed by atoms with Crippen molar-refractivity contribution in [2.24, 2.45) is 5.92 Å². The number of rotatable bonds is 9. The third kappa shape index (κ3) is 6.39. The highest BCUT2D eigenvalue weighted by atomic mass is 32.2. The van der Waals surface area contributed by atoms with Gasteiger partial charge in [0.25, 0.3) is 10.0 Å². The Bertz CT molecular complexity index is 1070. The minimum Gasteiger partial charge on any atom is -0.343 e. The van der Waals surface area contributed by atoms with E-state index in [1.807, 2.05) is 31.3 Å². The minimum absolute atomic E-state index is 0.0442. The van der Waals surface area contributed by atoms with Gasteiger partial charge < -0.3 is 10.2 Å². The highest BCUT2D eigenvalue weighted by Gasteiger charge is 2.28. The highest BCUT2D eigenvalue weighted by Crippen LogP contribution is 2.33. The summed E-state index contributed by atoms with van der Waals surface area (Å²) in [7, 11) is -1.45. The molecule has 1 unspecified atom stereocenters. The number of piperazine rings is 1. The number of benzene rings is 1. The Morgan fingerprint density at radius 3 is 2.69 bits per heavy atom. The van der Waals surface area contributed by atoms with Crippen molar-refractivity contribution in [3.63, 3.8) is 0 Å². The molecule has 1 fully saturated rings. The first-order valence-corrected chi connectivity index (χ1v) is 13.1. The molecule has 9 heteroatoms. The summed E-state index contributed by atoms with van der Waals surface area (Å²) in [6.07, 6.45) is 1.98. The lowest BCUT2D eigenvalue weighted by Crippen LogP contribution is -2.46. The van der Waals surface area contributed by atoms with Gasteiger partial charge in [0.2, 0.25) is 5.91 Å². The fourth-order valence-corrected chi connectivity index (χ4v) is 6.61. The molecule has 1 aliphatic heterocycles. The third-order valence-corrected chi connectivity index (χ3v) is 9.16. The molecule has 1 N–H and O–H groups in total. The molecular formula is C23H30N4O3S2. The monoisotopic (exact) mass is 474 g/mol. The zero-order valence-electron chi connectivity index (χ0n) is 18.6. The van der Waals surface area contributed by atoms with Crippen molar-refractivity contribution < 1.29 is 13.2 Å². The van der Waals surface area contributed by atoms with Crippen molar-refractivity contribution in [1.29, 1.82) is 5.26 Å². The molecule has 2 aromatic rings. The van der Waals surface area contributed by atoms with E-state index in [4.69, 9.17) is 5.26 Å². The van der Waals surface area contributed by atoms with Crippen LogP contribution >= 0.6 is 11.3 Å². The summed E-state index contributed by atoms with van der Waals surface area (Å²) >= 11 is 1.31. The summed E-state index contributed by atoms with van der Waals surface area (Å²) in [5.41, 5.74) is 2.16. The van der Waals surface area contributed by atoms with Gasteiger partial charge in [0.1, 0.15) is 10.8 Å². The maximum absolute atomic E-state index is 13.0. The van der Waals surface area contributed by atoms with E-state index in [2.05, 4.69) is 29.3 Å². The third-order valence-electron chi connectivity index (χ3n) is 5.66. The van der Waals surface area contributed by atoms with Gasteiger partial charge in [0.15, 0.2) is 0 Å². The molecule has 1 amide bonds. The van der Waals surface area contributed by atoms with Crippen LogP contribution in [0.3, 0.4) is 0 Å². The number of nitriles is 1. The molecule has 172 valence electrons. The van der Waals surface area contributed by atoms with Crippen molar-refractivity contribution in [3.05, 3.63) is 42.0 Å². The molecule has 1 aromatic heterocycles. The maximum Gasteiger partial charge on any atom is 0.252 e. The molecule has 2 heterocycles. The van der Waals surface area contributed by atoms with Gasteiger partial charge in [-0.05, 0) is 49.1 Å². The van der Waals surface area contributed by atoms with Gasteiger partial charge in [-0.15, -0.1) is 11.3 Å². The van der Waals surface area contributed by atoms with Crippen molar-refractivity contribution >= 4 is 27.3 Å². The zero-order chi connectivity index (χ0) is 23.1. The number of thiophene rings is 1. The van der Waals surface area contributed by atoms with Gasteiger partial charge in [-0.3, -0.25) is 4.79 Å². The van der Waals surface area contributed by atoms with Crippen LogP contribution in [0.1, 0.15) is 25.3 Å². The number of amides is 1. The van der Waals surface area contributed by atoms with Crippen LogP contribution in [0.5, 0.6) is 0 Å². The van der Waals surface area contributed by atoms with Crippen molar-refractivity contribution in [2.75, 3.05) is 39.8 Å². The predicted octanol–water partition coefficient (Wildman–Crippen LogP) is 2.95. The van der Waals surface area contributed by atoms with Gasteiger partial charge in [-0.2, -0.15) is 9.57 Å². The number of nitrogens with one attached hydrogen (secondary N) is 1. The fraction of sp³-hybridized carbons (Fsp3) is 0.478. The fourth-order valence-electron chi connectivity index (χ4n) is 3.73. The summed E-state index contributed by atoms with van der Waals surface area (Å²) in [6, 6.07) is 13.7. The van der Waals surface area contributed by atoms with E-state index in [1.54, 1.807) is 10.4 Å². The number of hydrogen-bond acceptors (Lipinski definition) is 6. The first kappa shape index (κ1) is 24.4. The largest absolute Gasteiger partial charge is 0.343 e. The quantitative estimate of drug-likeness (QED) is 0.564. The van der Waals surface area contributed by atoms with Crippen molar-refractivity contribution in [3.8, 4) is 16.5 Å². The van der Waals surface area contributed by atoms with Crippen LogP contribution in [0.2, 0.25) is 0 Å². The maximum atomic E-state index is 13.0. The average Bonchev–Trinajstić information content (AvgIpc) is 3.28. The number of carbonyl (C=O) groups is 1. The van der Waals surface area contributed by atoms with E-state index in [1.165, 1.54) is 11.3 Å². The molecule has 3 rings (SSSR count). The highest BCUT2D eigenvalue weighted by molar-refractivity contribution is 7.91. The first-order chi connectivity index (χ1) is 15.3. The normalized spacial score (nSPS) is 16.4. The number of likely N-dealkylation sites (N-methyl/N-ethyl adjacent to an activating group) is 1. The Morgan fingerprint density at radius 2 is 1.97 bits per heavy atom. The molecule has 0 spiro atoms. The standard InChI is InChI=1S/C23H30N4O3S2/c1-18(6-8-22(28)25-11-10-24)16-19-4-3-5-20(17-19)21-7-9-23(31-21)32(29,30)27-14-12-26(2)13-15-27/h3-5,7,9,17-18H,6,8,11-16H2,1-2H3,(H,25,28). The second-order valence-electron chi connectivity index (χ2n) is 8.31. The van der Waals surface area contributed by atoms with E-state index in [-0.39, 0.29) is 12.5 Å². The average molecular weight is 475 g/mol. The topological polar surface area (TPSA) is 93.5 Å². The second kappa shape index (κ2) is 11.1. The smallest absolute Gasteiger partial charge is 0.252 e. The Labute approximate surface area is 194 Å². The van der Waals surface area contributed by atoms with Crippen LogP contribution in [0.4, 0.5) is 0 Å². The number of nitrogens with zero attached hydrogens (tertiary/aromatic N) is 3. The van der Waals surface area contributed by atoms with Crippen LogP contribution in [0.15, 0.2) is 40.6 Å². The van der Waals surface area contributed by atoms with Gasteiger partial charge in [0.05, 0.1) is 6.07 Å². The summed E-state index contributed by atoms with van der Waals surface area (Å²) < 4.78 is 28.0. The Balaban J connectivity index is 1.64. The number of hydrogen-bond donors (Lipinski definition) is 1. The van der Waals surface area contributed by atoms with Crippen LogP contribution < -0.4 is 5.32 Å². The minimum atomic E-state index is -3.46. The zero-order valence-corrected chi connectivity index (χ0v) is 20.2. The molecule has 1 aromatic carbocycles. The first-order valence-electron chi connectivity index (χ1n) is 10.8. The lowest BCUT2D eigenvalue weighted by atomic mass is 9.95. The van der Waals surface area contributed by atoms with Crippen LogP contribution in [0, 0.1) is 17.2 Å². The lowest BCUT2D eigenvalue weighted by molar-refractivity contribution is -0.121. The number of carbonyl (C=O) groups excluding carboxylic acids is 1. The molecule has 32 heavy (non-hydrogen) atoms.